The van der Waals surface area contributed by atoms with Crippen LogP contribution in [-0.2, 0) is 4.79 Å². The first-order valence-corrected chi connectivity index (χ1v) is 6.07. The number of hydrogen-bond donors (Lipinski definition) is 2. The third-order valence-corrected chi connectivity index (χ3v) is 4.19. The number of carboxylic acids is 1. The molecule has 0 amide bonds. The Morgan fingerprint density at radius 2 is 2.07 bits per heavy atom. The highest BCUT2D eigenvalue weighted by Gasteiger charge is 2.38. The molecule has 2 atom stereocenters. The van der Waals surface area contributed by atoms with E-state index in [1.807, 2.05) is 0 Å². The van der Waals surface area contributed by atoms with Gasteiger partial charge >= 0.3 is 5.97 Å². The molecule has 86 valence electrons. The van der Waals surface area contributed by atoms with Crippen LogP contribution in [0.15, 0.2) is 0 Å². The Labute approximate surface area is 91.2 Å². The standard InChI is InChI=1S/C12H21NO2/c1-12(6-2-3-7-12)8-13-10-5-4-9(10)11(14)15/h9-10,13H,2-8H2,1H3,(H,14,15). The molecular formula is C12H21NO2. The lowest BCUT2D eigenvalue weighted by molar-refractivity contribution is -0.146. The first-order chi connectivity index (χ1) is 7.11. The SMILES string of the molecule is CC1(CNC2CCC2C(=O)O)CCCC1. The van der Waals surface area contributed by atoms with Gasteiger partial charge in [-0.05, 0) is 31.1 Å². The van der Waals surface area contributed by atoms with E-state index in [4.69, 9.17) is 5.11 Å². The van der Waals surface area contributed by atoms with E-state index >= 15 is 0 Å². The molecule has 0 aliphatic heterocycles. The number of hydrogen-bond acceptors (Lipinski definition) is 2. The molecule has 0 bridgehead atoms. The molecule has 0 aromatic heterocycles. The molecule has 2 fully saturated rings. The van der Waals surface area contributed by atoms with Gasteiger partial charge in [-0.2, -0.15) is 0 Å². The van der Waals surface area contributed by atoms with Gasteiger partial charge in [0.15, 0.2) is 0 Å². The summed E-state index contributed by atoms with van der Waals surface area (Å²) in [5.41, 5.74) is 0.429. The van der Waals surface area contributed by atoms with Crippen molar-refractivity contribution in [3.05, 3.63) is 0 Å². The second kappa shape index (κ2) is 4.12. The van der Waals surface area contributed by atoms with Gasteiger partial charge in [0.1, 0.15) is 0 Å². The van der Waals surface area contributed by atoms with Gasteiger partial charge in [-0.15, -0.1) is 0 Å². The van der Waals surface area contributed by atoms with Gasteiger partial charge in [-0.1, -0.05) is 19.8 Å². The molecule has 2 aliphatic carbocycles. The molecule has 3 heteroatoms. The zero-order valence-electron chi connectivity index (χ0n) is 9.46. The van der Waals surface area contributed by atoms with Crippen LogP contribution in [0, 0.1) is 11.3 Å². The van der Waals surface area contributed by atoms with Crippen molar-refractivity contribution in [1.29, 1.82) is 0 Å². The summed E-state index contributed by atoms with van der Waals surface area (Å²) >= 11 is 0. The lowest BCUT2D eigenvalue weighted by Gasteiger charge is -2.37. The fraction of sp³-hybridized carbons (Fsp3) is 0.917. The highest BCUT2D eigenvalue weighted by Crippen LogP contribution is 2.37. The Bertz CT molecular complexity index is 246. The second-order valence-electron chi connectivity index (χ2n) is 5.53. The van der Waals surface area contributed by atoms with Crippen LogP contribution in [0.2, 0.25) is 0 Å². The molecule has 2 aliphatic rings. The van der Waals surface area contributed by atoms with Gasteiger partial charge in [0, 0.05) is 12.6 Å². The lowest BCUT2D eigenvalue weighted by Crippen LogP contribution is -2.50. The predicted molar refractivity (Wildman–Crippen MR) is 58.7 cm³/mol. The predicted octanol–water partition coefficient (Wildman–Crippen LogP) is 2.02. The number of aliphatic carboxylic acids is 1. The average Bonchev–Trinajstić information content (AvgIpc) is 2.49. The third-order valence-electron chi connectivity index (χ3n) is 4.19. The van der Waals surface area contributed by atoms with Crippen LogP contribution in [0.3, 0.4) is 0 Å². The molecule has 0 heterocycles. The van der Waals surface area contributed by atoms with Gasteiger partial charge in [0.25, 0.3) is 0 Å². The molecule has 0 radical (unpaired) electrons. The van der Waals surface area contributed by atoms with E-state index in [-0.39, 0.29) is 12.0 Å². The maximum atomic E-state index is 10.8. The van der Waals surface area contributed by atoms with Crippen LogP contribution in [0.4, 0.5) is 0 Å². The minimum Gasteiger partial charge on any atom is -0.481 e. The summed E-state index contributed by atoms with van der Waals surface area (Å²) in [4.78, 5) is 10.8. The maximum absolute atomic E-state index is 10.8. The van der Waals surface area contributed by atoms with Crippen LogP contribution in [0.5, 0.6) is 0 Å². The van der Waals surface area contributed by atoms with Crippen LogP contribution < -0.4 is 5.32 Å². The molecule has 0 aromatic rings. The van der Waals surface area contributed by atoms with E-state index in [1.54, 1.807) is 0 Å². The molecule has 0 aromatic carbocycles. The first-order valence-electron chi connectivity index (χ1n) is 6.07. The van der Waals surface area contributed by atoms with E-state index in [0.29, 0.717) is 5.41 Å². The van der Waals surface area contributed by atoms with Crippen LogP contribution in [0.25, 0.3) is 0 Å². The Balaban J connectivity index is 1.76. The normalized spacial score (nSPS) is 33.7. The van der Waals surface area contributed by atoms with Gasteiger partial charge in [-0.25, -0.2) is 0 Å². The van der Waals surface area contributed by atoms with E-state index < -0.39 is 5.97 Å². The van der Waals surface area contributed by atoms with Crippen LogP contribution in [0.1, 0.15) is 45.4 Å². The Hall–Kier alpha value is -0.570. The highest BCUT2D eigenvalue weighted by atomic mass is 16.4. The molecule has 2 rings (SSSR count). The van der Waals surface area contributed by atoms with Crippen molar-refractivity contribution in [3.63, 3.8) is 0 Å². The number of rotatable bonds is 4. The van der Waals surface area contributed by atoms with Crippen molar-refractivity contribution in [3.8, 4) is 0 Å². The van der Waals surface area contributed by atoms with E-state index in [2.05, 4.69) is 12.2 Å². The van der Waals surface area contributed by atoms with Gasteiger partial charge < -0.3 is 10.4 Å². The molecule has 3 nitrogen and oxygen atoms in total. The average molecular weight is 211 g/mol. The van der Waals surface area contributed by atoms with Crippen LogP contribution in [-0.4, -0.2) is 23.7 Å². The molecule has 15 heavy (non-hydrogen) atoms. The van der Waals surface area contributed by atoms with Crippen molar-refractivity contribution in [2.75, 3.05) is 6.54 Å². The van der Waals surface area contributed by atoms with Crippen molar-refractivity contribution >= 4 is 5.97 Å². The summed E-state index contributed by atoms with van der Waals surface area (Å²) in [6.07, 6.45) is 7.15. The number of carboxylic acid groups (broad SMARTS) is 1. The zero-order chi connectivity index (χ0) is 10.9. The van der Waals surface area contributed by atoms with E-state index in [0.717, 1.165) is 19.4 Å². The Morgan fingerprint density at radius 3 is 2.53 bits per heavy atom. The van der Waals surface area contributed by atoms with Crippen molar-refractivity contribution in [1.82, 2.24) is 5.32 Å². The van der Waals surface area contributed by atoms with Crippen molar-refractivity contribution < 1.29 is 9.90 Å². The maximum Gasteiger partial charge on any atom is 0.308 e. The minimum atomic E-state index is -0.629. The first kappa shape index (κ1) is 10.9. The quantitative estimate of drug-likeness (QED) is 0.748. The summed E-state index contributed by atoms with van der Waals surface area (Å²) in [5.74, 6) is -0.759. The molecule has 0 saturated heterocycles. The molecule has 2 saturated carbocycles. The second-order valence-corrected chi connectivity index (χ2v) is 5.53. The van der Waals surface area contributed by atoms with E-state index in [1.165, 1.54) is 25.7 Å². The summed E-state index contributed by atoms with van der Waals surface area (Å²) < 4.78 is 0. The molecular weight excluding hydrogens is 190 g/mol. The Kier molecular flexibility index (Phi) is 3.01. The monoisotopic (exact) mass is 211 g/mol. The smallest absolute Gasteiger partial charge is 0.308 e. The Morgan fingerprint density at radius 1 is 1.40 bits per heavy atom. The fourth-order valence-electron chi connectivity index (χ4n) is 2.82. The number of nitrogens with one attached hydrogen (secondary N) is 1. The molecule has 2 N–H and O–H groups in total. The fourth-order valence-corrected chi connectivity index (χ4v) is 2.82. The van der Waals surface area contributed by atoms with Gasteiger partial charge in [0.05, 0.1) is 5.92 Å². The summed E-state index contributed by atoms with van der Waals surface area (Å²) in [6.45, 7) is 3.32. The molecule has 2 unspecified atom stereocenters. The van der Waals surface area contributed by atoms with Crippen molar-refractivity contribution in [2.24, 2.45) is 11.3 Å². The summed E-state index contributed by atoms with van der Waals surface area (Å²) in [7, 11) is 0. The van der Waals surface area contributed by atoms with Gasteiger partial charge in [-0.3, -0.25) is 4.79 Å². The van der Waals surface area contributed by atoms with E-state index in [9.17, 15) is 4.79 Å². The lowest BCUT2D eigenvalue weighted by atomic mass is 9.78. The summed E-state index contributed by atoms with van der Waals surface area (Å²) in [5, 5.41) is 12.4. The van der Waals surface area contributed by atoms with Crippen LogP contribution >= 0.6 is 0 Å². The third kappa shape index (κ3) is 2.33. The highest BCUT2D eigenvalue weighted by molar-refractivity contribution is 5.72. The summed E-state index contributed by atoms with van der Waals surface area (Å²) in [6, 6.07) is 0.236. The minimum absolute atomic E-state index is 0.130. The van der Waals surface area contributed by atoms with Gasteiger partial charge in [0.2, 0.25) is 0 Å². The zero-order valence-corrected chi connectivity index (χ0v) is 9.46. The largest absolute Gasteiger partial charge is 0.481 e. The number of carbonyl (C=O) groups is 1. The molecule has 0 spiro atoms. The van der Waals surface area contributed by atoms with Crippen molar-refractivity contribution in [2.45, 2.75) is 51.5 Å². The topological polar surface area (TPSA) is 49.3 Å².